The minimum absolute atomic E-state index is 0.318. The van der Waals surface area contributed by atoms with Gasteiger partial charge in [0.1, 0.15) is 17.3 Å². The number of hydrogen-bond donors (Lipinski definition) is 1. The molecule has 0 spiro atoms. The molecule has 1 N–H and O–H groups in total. The van der Waals surface area contributed by atoms with Crippen LogP contribution >= 0.6 is 0 Å². The molecule has 4 aromatic rings. The van der Waals surface area contributed by atoms with Gasteiger partial charge in [0.05, 0.1) is 37.7 Å². The lowest BCUT2D eigenvalue weighted by atomic mass is 9.92. The van der Waals surface area contributed by atoms with Gasteiger partial charge >= 0.3 is 0 Å². The van der Waals surface area contributed by atoms with E-state index in [1.54, 1.807) is 32.5 Å². The van der Waals surface area contributed by atoms with E-state index >= 15 is 4.39 Å². The number of hydrogen-bond acceptors (Lipinski definition) is 6. The van der Waals surface area contributed by atoms with Crippen molar-refractivity contribution in [1.82, 2.24) is 9.97 Å². The van der Waals surface area contributed by atoms with Crippen molar-refractivity contribution in [2.24, 2.45) is 4.99 Å². The van der Waals surface area contributed by atoms with E-state index in [1.807, 2.05) is 12.1 Å². The van der Waals surface area contributed by atoms with Crippen LogP contribution in [0, 0.1) is 5.82 Å². The van der Waals surface area contributed by atoms with E-state index in [0.717, 1.165) is 58.6 Å². The summed E-state index contributed by atoms with van der Waals surface area (Å²) in [5, 5.41) is 3.34. The Labute approximate surface area is 235 Å². The van der Waals surface area contributed by atoms with Crippen molar-refractivity contribution in [3.05, 3.63) is 94.4 Å². The summed E-state index contributed by atoms with van der Waals surface area (Å²) in [6.45, 7) is 6.77. The Morgan fingerprint density at radius 1 is 0.975 bits per heavy atom. The van der Waals surface area contributed by atoms with Crippen LogP contribution in [-0.2, 0) is 13.0 Å². The zero-order chi connectivity index (χ0) is 28.2. The second-order valence-corrected chi connectivity index (χ2v) is 10.3. The number of ether oxygens (including phenoxy) is 2. The first-order valence-electron chi connectivity index (χ1n) is 13.7. The first kappa shape index (κ1) is 27.3. The molecule has 1 aliphatic heterocycles. The van der Waals surface area contributed by atoms with Crippen molar-refractivity contribution in [2.45, 2.75) is 52.5 Å². The Kier molecular flexibility index (Phi) is 8.10. The summed E-state index contributed by atoms with van der Waals surface area (Å²) < 4.78 is 26.5. The molecule has 0 aliphatic carbocycles. The Bertz CT molecular complexity index is 1560. The van der Waals surface area contributed by atoms with Gasteiger partial charge in [-0.15, -0.1) is 0 Å². The monoisotopic (exact) mass is 538 g/mol. The van der Waals surface area contributed by atoms with Gasteiger partial charge in [-0.1, -0.05) is 51.5 Å². The Morgan fingerprint density at radius 3 is 2.55 bits per heavy atom. The molecule has 1 aromatic heterocycles. The van der Waals surface area contributed by atoms with Crippen LogP contribution in [0.1, 0.15) is 67.3 Å². The van der Waals surface area contributed by atoms with Gasteiger partial charge in [0.2, 0.25) is 5.95 Å². The van der Waals surface area contributed by atoms with Gasteiger partial charge in [0.15, 0.2) is 0 Å². The summed E-state index contributed by atoms with van der Waals surface area (Å²) in [6, 6.07) is 17.2. The second-order valence-electron chi connectivity index (χ2n) is 10.3. The van der Waals surface area contributed by atoms with Crippen LogP contribution in [0.3, 0.4) is 0 Å². The zero-order valence-electron chi connectivity index (χ0n) is 23.7. The third kappa shape index (κ3) is 5.41. The predicted molar refractivity (Wildman–Crippen MR) is 159 cm³/mol. The molecule has 0 amide bonds. The lowest BCUT2D eigenvalue weighted by molar-refractivity contribution is 0.408. The maximum absolute atomic E-state index is 15.3. The van der Waals surface area contributed by atoms with Gasteiger partial charge < -0.3 is 14.8 Å². The number of unbranched alkanes of at least 4 members (excludes halogenated alkanes) is 1. The molecular weight excluding hydrogens is 503 g/mol. The lowest BCUT2D eigenvalue weighted by Crippen LogP contribution is -2.10. The number of anilines is 2. The smallest absolute Gasteiger partial charge is 0.227 e. The predicted octanol–water partition coefficient (Wildman–Crippen LogP) is 7.86. The molecule has 0 saturated carbocycles. The highest BCUT2D eigenvalue weighted by Gasteiger charge is 2.25. The third-order valence-corrected chi connectivity index (χ3v) is 7.23. The first-order valence-corrected chi connectivity index (χ1v) is 13.7. The van der Waals surface area contributed by atoms with Crippen molar-refractivity contribution < 1.29 is 13.9 Å². The number of fused-ring (bicyclic) bond motifs is 3. The summed E-state index contributed by atoms with van der Waals surface area (Å²) in [7, 11) is 3.23. The molecule has 0 unspecified atom stereocenters. The van der Waals surface area contributed by atoms with E-state index < -0.39 is 0 Å². The maximum Gasteiger partial charge on any atom is 0.227 e. The molecule has 40 heavy (non-hydrogen) atoms. The number of rotatable bonds is 9. The van der Waals surface area contributed by atoms with Gasteiger partial charge in [-0.05, 0) is 54.2 Å². The van der Waals surface area contributed by atoms with Crippen molar-refractivity contribution in [3.8, 4) is 22.8 Å². The van der Waals surface area contributed by atoms with Gasteiger partial charge in [-0.25, -0.2) is 14.4 Å². The molecule has 1 aliphatic rings. The minimum Gasteiger partial charge on any atom is -0.496 e. The van der Waals surface area contributed by atoms with Crippen molar-refractivity contribution >= 4 is 17.3 Å². The lowest BCUT2D eigenvalue weighted by Gasteiger charge is -2.16. The standard InChI is InChI=1S/C33H35FN4O2/c1-6-7-9-21-12-14-25-26(16-21)32(30-27(34)10-8-11-28(30)39-4)35-18-22-19-36-33(38-31(22)25)37-23-13-15-24(20(2)3)29(17-23)40-5/h8,10-17,19-20H,6-7,9,18H2,1-5H3,(H,36,37,38). The molecule has 0 radical (unpaired) electrons. The molecule has 6 nitrogen and oxygen atoms in total. The first-order chi connectivity index (χ1) is 19.4. The molecule has 0 saturated heterocycles. The van der Waals surface area contributed by atoms with E-state index in [2.05, 4.69) is 55.3 Å². The number of benzene rings is 3. The number of methoxy groups -OCH3 is 2. The van der Waals surface area contributed by atoms with Crippen molar-refractivity contribution in [1.29, 1.82) is 0 Å². The minimum atomic E-state index is -0.374. The van der Waals surface area contributed by atoms with E-state index in [4.69, 9.17) is 19.5 Å². The molecule has 0 fully saturated rings. The molecule has 0 bridgehead atoms. The van der Waals surface area contributed by atoms with Gasteiger partial charge in [0, 0.05) is 34.6 Å². The van der Waals surface area contributed by atoms with Crippen molar-refractivity contribution in [3.63, 3.8) is 0 Å². The highest BCUT2D eigenvalue weighted by molar-refractivity contribution is 6.18. The van der Waals surface area contributed by atoms with Crippen LogP contribution in [0.25, 0.3) is 11.3 Å². The van der Waals surface area contributed by atoms with Gasteiger partial charge in [0.25, 0.3) is 0 Å². The van der Waals surface area contributed by atoms with E-state index in [-0.39, 0.29) is 5.82 Å². The molecule has 0 atom stereocenters. The normalized spacial score (nSPS) is 12.3. The Hall–Kier alpha value is -4.26. The number of nitrogens with one attached hydrogen (secondary N) is 1. The maximum atomic E-state index is 15.3. The summed E-state index contributed by atoms with van der Waals surface area (Å²) in [5.41, 5.74) is 7.42. The van der Waals surface area contributed by atoms with Gasteiger partial charge in [-0.2, -0.15) is 0 Å². The largest absolute Gasteiger partial charge is 0.496 e. The fourth-order valence-corrected chi connectivity index (χ4v) is 5.11. The SMILES string of the molecule is CCCCc1ccc2c(c1)C(c1c(F)cccc1OC)=NCc1cnc(Nc3ccc(C(C)C)c(OC)c3)nc1-2. The summed E-state index contributed by atoms with van der Waals surface area (Å²) in [4.78, 5) is 14.4. The van der Waals surface area contributed by atoms with E-state index in [1.165, 1.54) is 11.6 Å². The molecule has 5 rings (SSSR count). The van der Waals surface area contributed by atoms with Gasteiger partial charge in [-0.3, -0.25) is 4.99 Å². The fraction of sp³-hybridized carbons (Fsp3) is 0.303. The second kappa shape index (κ2) is 11.9. The number of aliphatic imine (C=N–C) groups is 1. The molecule has 3 aromatic carbocycles. The summed E-state index contributed by atoms with van der Waals surface area (Å²) in [6.07, 6.45) is 4.89. The number of aromatic nitrogens is 2. The molecule has 206 valence electrons. The third-order valence-electron chi connectivity index (χ3n) is 7.23. The summed E-state index contributed by atoms with van der Waals surface area (Å²) in [5.74, 6) is 1.69. The van der Waals surface area contributed by atoms with Crippen LogP contribution in [-0.4, -0.2) is 29.9 Å². The number of aryl methyl sites for hydroxylation is 1. The van der Waals surface area contributed by atoms with Crippen molar-refractivity contribution in [2.75, 3.05) is 19.5 Å². The van der Waals surface area contributed by atoms with Crippen LogP contribution in [0.15, 0.2) is 65.8 Å². The highest BCUT2D eigenvalue weighted by Crippen LogP contribution is 2.36. The average Bonchev–Trinajstić information content (AvgIpc) is 3.12. The number of halogens is 1. The average molecular weight is 539 g/mol. The highest BCUT2D eigenvalue weighted by atomic mass is 19.1. The zero-order valence-corrected chi connectivity index (χ0v) is 23.7. The Morgan fingerprint density at radius 2 is 1.80 bits per heavy atom. The van der Waals surface area contributed by atoms with E-state index in [9.17, 15) is 0 Å². The quantitative estimate of drug-likeness (QED) is 0.235. The van der Waals surface area contributed by atoms with Crippen LogP contribution in [0.4, 0.5) is 16.0 Å². The molecular formula is C33H35FN4O2. The molecule has 2 heterocycles. The van der Waals surface area contributed by atoms with E-state index in [0.29, 0.717) is 35.4 Å². The summed E-state index contributed by atoms with van der Waals surface area (Å²) >= 11 is 0. The topological polar surface area (TPSA) is 68.6 Å². The van der Waals surface area contributed by atoms with Crippen LogP contribution in [0.2, 0.25) is 0 Å². The number of nitrogens with zero attached hydrogens (tertiary/aromatic N) is 3. The molecule has 7 heteroatoms. The van der Waals surface area contributed by atoms with Crippen LogP contribution in [0.5, 0.6) is 11.5 Å². The fourth-order valence-electron chi connectivity index (χ4n) is 5.11. The van der Waals surface area contributed by atoms with Crippen LogP contribution < -0.4 is 14.8 Å². The Balaban J connectivity index is 1.60.